The van der Waals surface area contributed by atoms with E-state index in [-0.39, 0.29) is 5.91 Å². The van der Waals surface area contributed by atoms with Crippen LogP contribution < -0.4 is 14.4 Å². The highest BCUT2D eigenvalue weighted by molar-refractivity contribution is 9.10. The lowest BCUT2D eigenvalue weighted by Gasteiger charge is -2.22. The number of rotatable bonds is 4. The lowest BCUT2D eigenvalue weighted by molar-refractivity contribution is 0.0984. The number of pyridine rings is 1. The van der Waals surface area contributed by atoms with Crippen molar-refractivity contribution in [3.63, 3.8) is 0 Å². The molecule has 0 fully saturated rings. The lowest BCUT2D eigenvalue weighted by Crippen LogP contribution is -2.30. The first kappa shape index (κ1) is 19.0. The first-order valence-corrected chi connectivity index (χ1v) is 10.9. The molecule has 0 bridgehead atoms. The van der Waals surface area contributed by atoms with Crippen LogP contribution in [0.15, 0.2) is 65.4 Å². The summed E-state index contributed by atoms with van der Waals surface area (Å²) in [6, 6.07) is 15.0. The maximum atomic E-state index is 13.5. The summed E-state index contributed by atoms with van der Waals surface area (Å²) >= 11 is 4.98. The number of ether oxygens (including phenoxy) is 2. The molecule has 4 aromatic rings. The van der Waals surface area contributed by atoms with Crippen molar-refractivity contribution in [1.29, 1.82) is 0 Å². The van der Waals surface area contributed by atoms with E-state index in [1.165, 1.54) is 11.3 Å². The number of fused-ring (bicyclic) bond motifs is 2. The van der Waals surface area contributed by atoms with Crippen molar-refractivity contribution in [1.82, 2.24) is 9.97 Å². The molecule has 0 unspecified atom stereocenters. The Morgan fingerprint density at radius 2 is 1.97 bits per heavy atom. The summed E-state index contributed by atoms with van der Waals surface area (Å²) in [5, 5.41) is 0.631. The van der Waals surface area contributed by atoms with Crippen LogP contribution in [0.2, 0.25) is 0 Å². The largest absolute Gasteiger partial charge is 0.486 e. The van der Waals surface area contributed by atoms with E-state index in [0.29, 0.717) is 42.0 Å². The molecule has 2 aromatic heterocycles. The number of benzene rings is 2. The predicted octanol–water partition coefficient (Wildman–Crippen LogP) is 5.07. The Morgan fingerprint density at radius 3 is 2.80 bits per heavy atom. The molecule has 1 amide bonds. The highest BCUT2D eigenvalue weighted by atomic mass is 79.9. The van der Waals surface area contributed by atoms with E-state index < -0.39 is 0 Å². The van der Waals surface area contributed by atoms with Gasteiger partial charge in [0.15, 0.2) is 16.6 Å². The second-order valence-corrected chi connectivity index (χ2v) is 8.64. The zero-order valence-corrected chi connectivity index (χ0v) is 18.1. The number of aromatic nitrogens is 2. The van der Waals surface area contributed by atoms with Gasteiger partial charge in [0, 0.05) is 22.4 Å². The molecule has 0 saturated carbocycles. The van der Waals surface area contributed by atoms with Gasteiger partial charge in [-0.15, -0.1) is 0 Å². The highest BCUT2D eigenvalue weighted by Gasteiger charge is 2.24. The quantitative estimate of drug-likeness (QED) is 0.407. The SMILES string of the molecule is O=C(c1ccc2c(c1)OCCO2)N(Cc1cccnc1)c1nc2ccc(Br)cc2s1. The van der Waals surface area contributed by atoms with Gasteiger partial charge in [-0.25, -0.2) is 4.98 Å². The summed E-state index contributed by atoms with van der Waals surface area (Å²) in [5.74, 6) is 1.08. The number of amides is 1. The van der Waals surface area contributed by atoms with Gasteiger partial charge in [0.05, 0.1) is 16.8 Å². The summed E-state index contributed by atoms with van der Waals surface area (Å²) in [6.45, 7) is 1.34. The van der Waals surface area contributed by atoms with E-state index >= 15 is 0 Å². The van der Waals surface area contributed by atoms with E-state index in [4.69, 9.17) is 14.5 Å². The van der Waals surface area contributed by atoms with E-state index in [0.717, 1.165) is 20.3 Å². The van der Waals surface area contributed by atoms with Crippen LogP contribution >= 0.6 is 27.3 Å². The Hall–Kier alpha value is -2.97. The number of anilines is 1. The van der Waals surface area contributed by atoms with Gasteiger partial charge < -0.3 is 9.47 Å². The van der Waals surface area contributed by atoms with Gasteiger partial charge in [0.1, 0.15) is 13.2 Å². The molecular formula is C22H16BrN3O3S. The van der Waals surface area contributed by atoms with Crippen LogP contribution in [-0.4, -0.2) is 29.1 Å². The van der Waals surface area contributed by atoms with Crippen molar-refractivity contribution in [2.75, 3.05) is 18.1 Å². The molecule has 0 radical (unpaired) electrons. The molecule has 150 valence electrons. The minimum Gasteiger partial charge on any atom is -0.486 e. The lowest BCUT2D eigenvalue weighted by atomic mass is 10.1. The van der Waals surface area contributed by atoms with E-state index in [1.54, 1.807) is 35.5 Å². The molecule has 8 heteroatoms. The fourth-order valence-corrected chi connectivity index (χ4v) is 4.75. The second-order valence-electron chi connectivity index (χ2n) is 6.72. The third kappa shape index (κ3) is 3.76. The summed E-state index contributed by atoms with van der Waals surface area (Å²) in [5.41, 5.74) is 2.29. The Kier molecular flexibility index (Phi) is 5.10. The Labute approximate surface area is 185 Å². The van der Waals surface area contributed by atoms with E-state index in [9.17, 15) is 4.79 Å². The topological polar surface area (TPSA) is 64.6 Å². The Balaban J connectivity index is 1.55. The van der Waals surface area contributed by atoms with E-state index in [2.05, 4.69) is 20.9 Å². The summed E-state index contributed by atoms with van der Waals surface area (Å²) in [4.78, 5) is 24.1. The van der Waals surface area contributed by atoms with Gasteiger partial charge in [-0.2, -0.15) is 0 Å². The van der Waals surface area contributed by atoms with Gasteiger partial charge >= 0.3 is 0 Å². The normalized spacial score (nSPS) is 12.7. The fraction of sp³-hybridized carbons (Fsp3) is 0.136. The minimum absolute atomic E-state index is 0.158. The molecule has 30 heavy (non-hydrogen) atoms. The van der Waals surface area contributed by atoms with Crippen LogP contribution in [0.5, 0.6) is 11.5 Å². The van der Waals surface area contributed by atoms with Crippen LogP contribution in [0.4, 0.5) is 5.13 Å². The first-order chi connectivity index (χ1) is 14.7. The van der Waals surface area contributed by atoms with Crippen LogP contribution in [0, 0.1) is 0 Å². The summed E-state index contributed by atoms with van der Waals surface area (Å²) in [7, 11) is 0. The molecule has 5 rings (SSSR count). The molecule has 0 N–H and O–H groups in total. The fourth-order valence-electron chi connectivity index (χ4n) is 3.23. The Bertz CT molecular complexity index is 1230. The van der Waals surface area contributed by atoms with E-state index in [1.807, 2.05) is 30.3 Å². The van der Waals surface area contributed by atoms with Crippen molar-refractivity contribution in [3.05, 3.63) is 76.5 Å². The van der Waals surface area contributed by atoms with Crippen LogP contribution in [-0.2, 0) is 6.54 Å². The number of halogens is 1. The van der Waals surface area contributed by atoms with Crippen molar-refractivity contribution < 1.29 is 14.3 Å². The molecule has 2 aromatic carbocycles. The number of hydrogen-bond acceptors (Lipinski definition) is 6. The van der Waals surface area contributed by atoms with Crippen LogP contribution in [0.1, 0.15) is 15.9 Å². The molecule has 0 spiro atoms. The average Bonchev–Trinajstić information content (AvgIpc) is 3.20. The minimum atomic E-state index is -0.158. The zero-order valence-electron chi connectivity index (χ0n) is 15.7. The van der Waals surface area contributed by atoms with Crippen molar-refractivity contribution in [2.45, 2.75) is 6.54 Å². The third-order valence-electron chi connectivity index (χ3n) is 4.67. The molecule has 0 saturated heterocycles. The number of carbonyl (C=O) groups is 1. The van der Waals surface area contributed by atoms with Gasteiger partial charge in [-0.05, 0) is 48.0 Å². The molecule has 6 nitrogen and oxygen atoms in total. The number of hydrogen-bond donors (Lipinski definition) is 0. The monoisotopic (exact) mass is 481 g/mol. The Morgan fingerprint density at radius 1 is 1.10 bits per heavy atom. The number of nitrogens with zero attached hydrogens (tertiary/aromatic N) is 3. The zero-order chi connectivity index (χ0) is 20.5. The second kappa shape index (κ2) is 8.04. The first-order valence-electron chi connectivity index (χ1n) is 9.34. The predicted molar refractivity (Wildman–Crippen MR) is 120 cm³/mol. The van der Waals surface area contributed by atoms with Gasteiger partial charge in [-0.1, -0.05) is 33.3 Å². The maximum Gasteiger partial charge on any atom is 0.260 e. The van der Waals surface area contributed by atoms with Crippen LogP contribution in [0.25, 0.3) is 10.2 Å². The van der Waals surface area contributed by atoms with Gasteiger partial charge in [0.25, 0.3) is 5.91 Å². The number of carbonyl (C=O) groups excluding carboxylic acids is 1. The summed E-state index contributed by atoms with van der Waals surface area (Å²) in [6.07, 6.45) is 3.47. The van der Waals surface area contributed by atoms with Crippen molar-refractivity contribution >= 4 is 48.5 Å². The highest BCUT2D eigenvalue weighted by Crippen LogP contribution is 2.35. The van der Waals surface area contributed by atoms with Gasteiger partial charge in [0.2, 0.25) is 0 Å². The molecular weight excluding hydrogens is 466 g/mol. The molecule has 3 heterocycles. The molecule has 1 aliphatic heterocycles. The summed E-state index contributed by atoms with van der Waals surface area (Å²) < 4.78 is 13.2. The third-order valence-corrected chi connectivity index (χ3v) is 6.20. The average molecular weight is 482 g/mol. The van der Waals surface area contributed by atoms with Gasteiger partial charge in [-0.3, -0.25) is 14.7 Å². The van der Waals surface area contributed by atoms with Crippen molar-refractivity contribution in [2.24, 2.45) is 0 Å². The standard InChI is InChI=1S/C22H16BrN3O3S/c23-16-4-5-17-20(11-16)30-22(25-17)26(13-14-2-1-7-24-12-14)21(27)15-3-6-18-19(10-15)29-9-8-28-18/h1-7,10-12H,8-9,13H2. The molecule has 0 aliphatic carbocycles. The smallest absolute Gasteiger partial charge is 0.260 e. The molecule has 0 atom stereocenters. The van der Waals surface area contributed by atoms with Crippen molar-refractivity contribution in [3.8, 4) is 11.5 Å². The number of thiazole rings is 1. The van der Waals surface area contributed by atoms with Crippen LogP contribution in [0.3, 0.4) is 0 Å². The maximum absolute atomic E-state index is 13.5. The molecule has 1 aliphatic rings.